The molecule has 1 aromatic carbocycles. The average Bonchev–Trinajstić information content (AvgIpc) is 3.11. The van der Waals surface area contributed by atoms with Gasteiger partial charge in [0.15, 0.2) is 12.3 Å². The second-order valence-corrected chi connectivity index (χ2v) is 8.43. The van der Waals surface area contributed by atoms with Gasteiger partial charge in [-0.1, -0.05) is 6.92 Å². The maximum atomic E-state index is 13.7. The largest absolute Gasteiger partial charge is 0.421 e. The third-order valence-electron chi connectivity index (χ3n) is 6.03. The van der Waals surface area contributed by atoms with E-state index in [0.717, 1.165) is 35.5 Å². The number of alkyl halides is 5. The summed E-state index contributed by atoms with van der Waals surface area (Å²) in [5, 5.41) is 12.9. The molecule has 0 amide bonds. The summed E-state index contributed by atoms with van der Waals surface area (Å²) in [5.41, 5.74) is 1.33. The number of rotatable bonds is 5. The topological polar surface area (TPSA) is 64.5 Å². The van der Waals surface area contributed by atoms with Gasteiger partial charge in [-0.2, -0.15) is 18.2 Å². The van der Waals surface area contributed by atoms with Crippen LogP contribution in [0.4, 0.5) is 45.1 Å². The number of anilines is 4. The number of nitrogens with one attached hydrogen (secondary N) is 1. The molecule has 2 N–H and O–H groups in total. The highest BCUT2D eigenvalue weighted by Gasteiger charge is 2.41. The molecule has 3 heterocycles. The number of aromatic nitrogens is 2. The molecule has 1 unspecified atom stereocenters. The van der Waals surface area contributed by atoms with E-state index in [4.69, 9.17) is 0 Å². The van der Waals surface area contributed by atoms with Gasteiger partial charge in [0, 0.05) is 30.7 Å². The third-order valence-corrected chi connectivity index (χ3v) is 6.03. The molecule has 11 heteroatoms. The number of piperidine rings is 1. The lowest BCUT2D eigenvalue weighted by atomic mass is 10.0. The van der Waals surface area contributed by atoms with Crippen molar-refractivity contribution in [2.45, 2.75) is 50.8 Å². The van der Waals surface area contributed by atoms with Crippen LogP contribution in [0.1, 0.15) is 30.9 Å². The molecule has 0 spiro atoms. The Morgan fingerprint density at radius 2 is 1.85 bits per heavy atom. The van der Waals surface area contributed by atoms with E-state index in [1.165, 1.54) is 0 Å². The summed E-state index contributed by atoms with van der Waals surface area (Å²) in [5.74, 6) is -0.633. The van der Waals surface area contributed by atoms with Crippen molar-refractivity contribution in [2.24, 2.45) is 0 Å². The Balaban J connectivity index is 1.61. The molecule has 6 nitrogen and oxygen atoms in total. The molecule has 0 radical (unpaired) electrons. The zero-order valence-corrected chi connectivity index (χ0v) is 18.1. The first kappa shape index (κ1) is 23.5. The van der Waals surface area contributed by atoms with Gasteiger partial charge in [-0.3, -0.25) is 0 Å². The van der Waals surface area contributed by atoms with E-state index in [0.29, 0.717) is 24.8 Å². The van der Waals surface area contributed by atoms with Gasteiger partial charge >= 0.3 is 6.18 Å². The van der Waals surface area contributed by atoms with Crippen molar-refractivity contribution in [3.63, 3.8) is 0 Å². The number of aliphatic hydroxyl groups excluding tert-OH is 1. The molecule has 0 saturated carbocycles. The van der Waals surface area contributed by atoms with Crippen LogP contribution in [-0.2, 0) is 12.6 Å². The second-order valence-electron chi connectivity index (χ2n) is 8.43. The van der Waals surface area contributed by atoms with Crippen LogP contribution in [0.5, 0.6) is 0 Å². The maximum Gasteiger partial charge on any atom is 0.421 e. The number of aryl methyl sites for hydroxylation is 1. The lowest BCUT2D eigenvalue weighted by Crippen LogP contribution is -2.38. The molecular weight excluding hydrogens is 445 g/mol. The third kappa shape index (κ3) is 5.13. The molecule has 2 aliphatic rings. The van der Waals surface area contributed by atoms with Crippen molar-refractivity contribution < 1.29 is 27.1 Å². The van der Waals surface area contributed by atoms with E-state index in [-0.39, 0.29) is 12.1 Å². The fourth-order valence-electron chi connectivity index (χ4n) is 4.27. The highest BCUT2D eigenvalue weighted by molar-refractivity contribution is 5.66. The zero-order valence-electron chi connectivity index (χ0n) is 18.1. The summed E-state index contributed by atoms with van der Waals surface area (Å²) < 4.78 is 67.8. The Morgan fingerprint density at radius 3 is 2.48 bits per heavy atom. The number of nitrogens with zero attached hydrogens (tertiary/aromatic N) is 4. The Morgan fingerprint density at radius 1 is 1.12 bits per heavy atom. The van der Waals surface area contributed by atoms with Gasteiger partial charge in [0.1, 0.15) is 11.4 Å². The van der Waals surface area contributed by atoms with Crippen LogP contribution in [0.3, 0.4) is 0 Å². The maximum absolute atomic E-state index is 13.7. The van der Waals surface area contributed by atoms with Gasteiger partial charge in [0.2, 0.25) is 5.95 Å². The molecule has 180 valence electrons. The monoisotopic (exact) mass is 471 g/mol. The van der Waals surface area contributed by atoms with Crippen molar-refractivity contribution in [3.05, 3.63) is 35.5 Å². The highest BCUT2D eigenvalue weighted by Crippen LogP contribution is 2.38. The van der Waals surface area contributed by atoms with Crippen molar-refractivity contribution >= 4 is 23.1 Å². The first-order chi connectivity index (χ1) is 15.7. The number of β-amino-alcohol motifs (C(OH)–C–C–N with tert-alkyl or cyclic N) is 1. The minimum absolute atomic E-state index is 0.0911. The van der Waals surface area contributed by atoms with Crippen LogP contribution < -0.4 is 15.1 Å². The van der Waals surface area contributed by atoms with Crippen molar-refractivity contribution in [2.75, 3.05) is 41.3 Å². The first-order valence-corrected chi connectivity index (χ1v) is 11.0. The quantitative estimate of drug-likeness (QED) is 0.636. The fraction of sp³-hybridized carbons (Fsp3) is 0.545. The van der Waals surface area contributed by atoms with Gasteiger partial charge in [0.05, 0.1) is 19.2 Å². The normalized spacial score (nSPS) is 23.8. The molecule has 33 heavy (non-hydrogen) atoms. The van der Waals surface area contributed by atoms with E-state index in [1.807, 2.05) is 19.1 Å². The lowest BCUT2D eigenvalue weighted by Gasteiger charge is -2.32. The van der Waals surface area contributed by atoms with Gasteiger partial charge in [-0.25, -0.2) is 13.8 Å². The minimum atomic E-state index is -4.76. The van der Waals surface area contributed by atoms with E-state index in [1.54, 1.807) is 6.07 Å². The molecule has 4 rings (SSSR count). The predicted octanol–water partition coefficient (Wildman–Crippen LogP) is 4.26. The molecule has 0 bridgehead atoms. The SMILES string of the molecule is CCc1cc(N2CCCC(O)C2)ccc1Nc1ncc(C(F)(F)F)c(N2C[C@H](F)[C@@H](F)C2)n1. The molecule has 0 aliphatic carbocycles. The minimum Gasteiger partial charge on any atom is -0.391 e. The zero-order chi connectivity index (χ0) is 23.8. The van der Waals surface area contributed by atoms with E-state index in [2.05, 4.69) is 20.2 Å². The smallest absolute Gasteiger partial charge is 0.391 e. The van der Waals surface area contributed by atoms with Crippen LogP contribution in [0, 0.1) is 0 Å². The molecule has 1 aromatic heterocycles. The Kier molecular flexibility index (Phi) is 6.60. The Hall–Kier alpha value is -2.69. The summed E-state index contributed by atoms with van der Waals surface area (Å²) in [7, 11) is 0. The van der Waals surface area contributed by atoms with Crippen molar-refractivity contribution in [3.8, 4) is 0 Å². The molecule has 2 aliphatic heterocycles. The number of hydrogen-bond donors (Lipinski definition) is 2. The Bertz CT molecular complexity index is 978. The fourth-order valence-corrected chi connectivity index (χ4v) is 4.27. The molecular formula is C22H26F5N5O. The molecule has 2 aromatic rings. The molecule has 2 fully saturated rings. The Labute approximate surface area is 188 Å². The van der Waals surface area contributed by atoms with Crippen LogP contribution in [0.25, 0.3) is 0 Å². The van der Waals surface area contributed by atoms with E-state index < -0.39 is 43.0 Å². The van der Waals surface area contributed by atoms with Gasteiger partial charge < -0.3 is 20.2 Å². The lowest BCUT2D eigenvalue weighted by molar-refractivity contribution is -0.137. The standard InChI is InChI=1S/C22H26F5N5O/c1-2-13-8-14(31-7-3-4-15(33)10-31)5-6-19(13)29-21-28-9-16(22(25,26)27)20(30-21)32-11-17(23)18(24)12-32/h5-6,8-9,15,17-18,33H,2-4,7,10-12H2,1H3,(H,28,29,30)/t15?,17-,18-/m0/s1. The summed E-state index contributed by atoms with van der Waals surface area (Å²) in [6, 6.07) is 5.63. The van der Waals surface area contributed by atoms with Gasteiger partial charge in [-0.05, 0) is 43.0 Å². The average molecular weight is 471 g/mol. The predicted molar refractivity (Wildman–Crippen MR) is 116 cm³/mol. The number of benzene rings is 1. The van der Waals surface area contributed by atoms with Crippen LogP contribution in [-0.4, -0.2) is 59.7 Å². The summed E-state index contributed by atoms with van der Waals surface area (Å²) in [4.78, 5) is 10.9. The second kappa shape index (κ2) is 9.28. The van der Waals surface area contributed by atoms with Gasteiger partial charge in [-0.15, -0.1) is 0 Å². The summed E-state index contributed by atoms with van der Waals surface area (Å²) in [6.07, 6.45) is -5.94. The van der Waals surface area contributed by atoms with E-state index >= 15 is 0 Å². The number of aliphatic hydroxyl groups is 1. The van der Waals surface area contributed by atoms with Crippen LogP contribution >= 0.6 is 0 Å². The van der Waals surface area contributed by atoms with Crippen molar-refractivity contribution in [1.29, 1.82) is 0 Å². The van der Waals surface area contributed by atoms with E-state index in [9.17, 15) is 27.1 Å². The summed E-state index contributed by atoms with van der Waals surface area (Å²) in [6.45, 7) is 2.32. The first-order valence-electron chi connectivity index (χ1n) is 11.0. The number of halogens is 5. The van der Waals surface area contributed by atoms with Crippen LogP contribution in [0.15, 0.2) is 24.4 Å². The highest BCUT2D eigenvalue weighted by atomic mass is 19.4. The van der Waals surface area contributed by atoms with Crippen molar-refractivity contribution in [1.82, 2.24) is 9.97 Å². The number of hydrogen-bond acceptors (Lipinski definition) is 6. The molecule has 2 saturated heterocycles. The van der Waals surface area contributed by atoms with Gasteiger partial charge in [0.25, 0.3) is 0 Å². The van der Waals surface area contributed by atoms with Crippen LogP contribution in [0.2, 0.25) is 0 Å². The molecule has 3 atom stereocenters. The summed E-state index contributed by atoms with van der Waals surface area (Å²) >= 11 is 0.